The highest BCUT2D eigenvalue weighted by Gasteiger charge is 2.74. The second-order valence-corrected chi connectivity index (χ2v) is 11.3. The van der Waals surface area contributed by atoms with Gasteiger partial charge < -0.3 is 24.5 Å². The number of hydrogen-bond donors (Lipinski definition) is 1. The number of rotatable bonds is 4. The number of fused-ring (bicyclic) bond motifs is 2. The van der Waals surface area contributed by atoms with Gasteiger partial charge in [0.1, 0.15) is 11.6 Å². The minimum Gasteiger partial charge on any atom is -0.396 e. The molecule has 4 heterocycles. The van der Waals surface area contributed by atoms with Gasteiger partial charge in [-0.15, -0.1) is 0 Å². The lowest BCUT2D eigenvalue weighted by atomic mass is 9.74. The van der Waals surface area contributed by atoms with Gasteiger partial charge in [0.05, 0.1) is 17.4 Å². The monoisotopic (exact) mass is 493 g/mol. The molecule has 8 heteroatoms. The summed E-state index contributed by atoms with van der Waals surface area (Å²) in [6, 6.07) is 8.50. The molecular weight excluding hydrogens is 458 g/mol. The van der Waals surface area contributed by atoms with E-state index >= 15 is 0 Å². The average Bonchev–Trinajstić information content (AvgIpc) is 3.08. The topological polar surface area (TPSA) is 90.4 Å². The maximum Gasteiger partial charge on any atom is 0.249 e. The van der Waals surface area contributed by atoms with Crippen molar-refractivity contribution < 1.29 is 24.2 Å². The molecule has 192 valence electrons. The zero-order valence-electron chi connectivity index (χ0n) is 21.4. The lowest BCUT2D eigenvalue weighted by Crippen LogP contribution is -2.59. The summed E-state index contributed by atoms with van der Waals surface area (Å²) in [7, 11) is 0. The van der Waals surface area contributed by atoms with Gasteiger partial charge in [-0.25, -0.2) is 0 Å². The predicted molar refractivity (Wildman–Crippen MR) is 135 cm³/mol. The van der Waals surface area contributed by atoms with Crippen molar-refractivity contribution in [1.29, 1.82) is 0 Å². The van der Waals surface area contributed by atoms with E-state index in [0.717, 1.165) is 5.69 Å². The molecule has 36 heavy (non-hydrogen) atoms. The predicted octanol–water partition coefficient (Wildman–Crippen LogP) is 2.14. The van der Waals surface area contributed by atoms with E-state index in [2.05, 4.69) is 0 Å². The van der Waals surface area contributed by atoms with Crippen LogP contribution >= 0.6 is 0 Å². The van der Waals surface area contributed by atoms with Crippen LogP contribution in [0.15, 0.2) is 54.6 Å². The Morgan fingerprint density at radius 3 is 2.33 bits per heavy atom. The van der Waals surface area contributed by atoms with Crippen molar-refractivity contribution in [2.75, 3.05) is 31.1 Å². The Labute approximate surface area is 212 Å². The Balaban J connectivity index is 1.64. The molecule has 1 aromatic rings. The fraction of sp³-hybridized carbons (Fsp3) is 0.536. The Morgan fingerprint density at radius 2 is 1.67 bits per heavy atom. The number of nitrogens with zero attached hydrogens (tertiary/aromatic N) is 3. The maximum absolute atomic E-state index is 14.2. The molecular formula is C28H35N3O5. The third-order valence-corrected chi connectivity index (χ3v) is 7.99. The normalized spacial score (nSPS) is 34.0. The summed E-state index contributed by atoms with van der Waals surface area (Å²) in [5.74, 6) is -2.31. The Morgan fingerprint density at radius 1 is 0.972 bits per heavy atom. The second-order valence-electron chi connectivity index (χ2n) is 11.3. The van der Waals surface area contributed by atoms with Gasteiger partial charge in [-0.3, -0.25) is 14.4 Å². The van der Waals surface area contributed by atoms with Crippen LogP contribution in [-0.2, 0) is 19.1 Å². The molecule has 4 aliphatic heterocycles. The molecule has 2 fully saturated rings. The Hall–Kier alpha value is -2.97. The lowest BCUT2D eigenvalue weighted by Gasteiger charge is -2.41. The minimum absolute atomic E-state index is 0.105. The van der Waals surface area contributed by atoms with E-state index in [1.807, 2.05) is 82.3 Å². The molecule has 8 nitrogen and oxygen atoms in total. The molecule has 0 bridgehead atoms. The molecule has 0 radical (unpaired) electrons. The van der Waals surface area contributed by atoms with Crippen LogP contribution in [0.5, 0.6) is 0 Å². The molecule has 0 aromatic heterocycles. The van der Waals surface area contributed by atoms with Gasteiger partial charge in [-0.2, -0.15) is 0 Å². The molecule has 2 saturated heterocycles. The number of benzene rings is 1. The first-order valence-electron chi connectivity index (χ1n) is 12.7. The molecule has 0 saturated carbocycles. The number of aliphatic hydroxyl groups is 1. The zero-order valence-corrected chi connectivity index (χ0v) is 21.4. The van der Waals surface area contributed by atoms with Crippen LogP contribution in [0.3, 0.4) is 0 Å². The van der Waals surface area contributed by atoms with Gasteiger partial charge in [0.2, 0.25) is 17.7 Å². The average molecular weight is 494 g/mol. The van der Waals surface area contributed by atoms with Crippen LogP contribution in [-0.4, -0.2) is 81.7 Å². The standard InChI is InChI=1S/C28H35N3O5/c1-26(2,3)31-17-9-14-28-21(24(34)30(16-10-18-32)22(28)25(31)35)20-23(33)29(19-11-6-5-7-12-19)15-8-13-27(20,4)36-28/h5-9,11-14,20-22,32H,10,15-18H2,1-4H3/t20-,21+,22?,27+,28+/m1/s1. The molecule has 5 rings (SSSR count). The van der Waals surface area contributed by atoms with Crippen molar-refractivity contribution in [2.24, 2.45) is 11.8 Å². The molecule has 1 unspecified atom stereocenters. The molecule has 3 amide bonds. The number of anilines is 1. The first-order valence-corrected chi connectivity index (χ1v) is 12.7. The number of aliphatic hydroxyl groups excluding tert-OH is 1. The van der Waals surface area contributed by atoms with Crippen LogP contribution < -0.4 is 4.90 Å². The minimum atomic E-state index is -1.28. The van der Waals surface area contributed by atoms with E-state index < -0.39 is 34.6 Å². The fourth-order valence-electron chi connectivity index (χ4n) is 6.45. The molecule has 0 aliphatic carbocycles. The van der Waals surface area contributed by atoms with Crippen molar-refractivity contribution in [3.8, 4) is 0 Å². The van der Waals surface area contributed by atoms with E-state index in [1.54, 1.807) is 14.7 Å². The number of ether oxygens (including phenoxy) is 1. The third-order valence-electron chi connectivity index (χ3n) is 7.99. The van der Waals surface area contributed by atoms with Crippen LogP contribution in [0.1, 0.15) is 34.1 Å². The summed E-state index contributed by atoms with van der Waals surface area (Å²) < 4.78 is 6.80. The quantitative estimate of drug-likeness (QED) is 0.649. The molecule has 1 N–H and O–H groups in total. The van der Waals surface area contributed by atoms with Crippen molar-refractivity contribution in [3.63, 3.8) is 0 Å². The highest BCUT2D eigenvalue weighted by molar-refractivity contribution is 6.04. The fourth-order valence-corrected chi connectivity index (χ4v) is 6.45. The second kappa shape index (κ2) is 8.56. The maximum atomic E-state index is 14.2. The molecule has 5 atom stereocenters. The molecule has 1 spiro atoms. The van der Waals surface area contributed by atoms with Crippen molar-refractivity contribution in [2.45, 2.75) is 56.9 Å². The number of carbonyl (C=O) groups is 3. The summed E-state index contributed by atoms with van der Waals surface area (Å²) in [5.41, 5.74) is -2.04. The summed E-state index contributed by atoms with van der Waals surface area (Å²) in [5, 5.41) is 9.53. The van der Waals surface area contributed by atoms with E-state index in [1.165, 1.54) is 0 Å². The van der Waals surface area contributed by atoms with Crippen molar-refractivity contribution in [3.05, 3.63) is 54.6 Å². The van der Waals surface area contributed by atoms with E-state index in [-0.39, 0.29) is 30.9 Å². The molecule has 1 aromatic carbocycles. The van der Waals surface area contributed by atoms with Crippen LogP contribution in [0.4, 0.5) is 5.69 Å². The van der Waals surface area contributed by atoms with Gasteiger partial charge in [0, 0.05) is 37.5 Å². The van der Waals surface area contributed by atoms with Gasteiger partial charge in [-0.05, 0) is 46.2 Å². The van der Waals surface area contributed by atoms with Crippen LogP contribution in [0, 0.1) is 11.8 Å². The SMILES string of the molecule is CC(C)(C)N1CC=C[C@]23O[C@@]4(C)C=CCN(c5ccccc5)C(=O)[C@H]4[C@H]2C(=O)N(CCCO)C3C1=O. The largest absolute Gasteiger partial charge is 0.396 e. The number of hydrogen-bond acceptors (Lipinski definition) is 5. The third kappa shape index (κ3) is 3.53. The first-order chi connectivity index (χ1) is 17.0. The highest BCUT2D eigenvalue weighted by atomic mass is 16.5. The number of amides is 3. The highest BCUT2D eigenvalue weighted by Crippen LogP contribution is 2.57. The number of likely N-dealkylation sites (tertiary alicyclic amines) is 1. The summed E-state index contributed by atoms with van der Waals surface area (Å²) in [6.07, 6.45) is 7.89. The number of carbonyl (C=O) groups excluding carboxylic acids is 3. The van der Waals surface area contributed by atoms with Gasteiger partial charge >= 0.3 is 0 Å². The number of para-hydroxylation sites is 1. The molecule has 4 aliphatic rings. The van der Waals surface area contributed by atoms with E-state index in [9.17, 15) is 19.5 Å². The van der Waals surface area contributed by atoms with Gasteiger partial charge in [0.25, 0.3) is 0 Å². The lowest BCUT2D eigenvalue weighted by molar-refractivity contribution is -0.154. The first kappa shape index (κ1) is 24.7. The summed E-state index contributed by atoms with van der Waals surface area (Å²) in [6.45, 7) is 8.62. The van der Waals surface area contributed by atoms with Crippen LogP contribution in [0.2, 0.25) is 0 Å². The van der Waals surface area contributed by atoms with Crippen molar-refractivity contribution >= 4 is 23.4 Å². The van der Waals surface area contributed by atoms with E-state index in [4.69, 9.17) is 4.74 Å². The Kier molecular flexibility index (Phi) is 5.87. The smallest absolute Gasteiger partial charge is 0.249 e. The van der Waals surface area contributed by atoms with Gasteiger partial charge in [0.15, 0.2) is 0 Å². The summed E-state index contributed by atoms with van der Waals surface area (Å²) in [4.78, 5) is 47.4. The zero-order chi connectivity index (χ0) is 25.9. The van der Waals surface area contributed by atoms with E-state index in [0.29, 0.717) is 19.5 Å². The van der Waals surface area contributed by atoms with Crippen LogP contribution in [0.25, 0.3) is 0 Å². The van der Waals surface area contributed by atoms with Gasteiger partial charge in [-0.1, -0.05) is 42.5 Å². The van der Waals surface area contributed by atoms with Crippen molar-refractivity contribution in [1.82, 2.24) is 9.80 Å². The summed E-state index contributed by atoms with van der Waals surface area (Å²) >= 11 is 0. The Bertz CT molecular complexity index is 1130.